The predicted octanol–water partition coefficient (Wildman–Crippen LogP) is 4.79. The lowest BCUT2D eigenvalue weighted by Crippen LogP contribution is -2.21. The fraction of sp³-hybridized carbons (Fsp3) is 0.158. The minimum atomic E-state index is -4.48. The van der Waals surface area contributed by atoms with Gasteiger partial charge in [-0.1, -0.05) is 29.8 Å². The van der Waals surface area contributed by atoms with Crippen molar-refractivity contribution in [1.29, 1.82) is 0 Å². The quantitative estimate of drug-likeness (QED) is 0.639. The average molecular weight is 395 g/mol. The lowest BCUT2D eigenvalue weighted by Gasteiger charge is -2.14. The smallest absolute Gasteiger partial charge is 0.416 e. The van der Waals surface area contributed by atoms with Gasteiger partial charge in [-0.15, -0.1) is 5.10 Å². The van der Waals surface area contributed by atoms with Crippen LogP contribution in [0.4, 0.5) is 13.2 Å². The first-order chi connectivity index (χ1) is 12.8. The van der Waals surface area contributed by atoms with Crippen LogP contribution in [-0.2, 0) is 12.8 Å². The van der Waals surface area contributed by atoms with E-state index in [0.29, 0.717) is 10.7 Å². The van der Waals surface area contributed by atoms with Gasteiger partial charge in [0.15, 0.2) is 0 Å². The normalized spacial score (nSPS) is 11.4. The third-order valence-corrected chi connectivity index (χ3v) is 4.10. The van der Waals surface area contributed by atoms with Crippen molar-refractivity contribution in [3.8, 4) is 11.6 Å². The highest BCUT2D eigenvalue weighted by Gasteiger charge is 2.33. The fourth-order valence-electron chi connectivity index (χ4n) is 2.57. The number of rotatable bonds is 4. The molecule has 140 valence electrons. The highest BCUT2D eigenvalue weighted by molar-refractivity contribution is 6.30. The first-order valence-electron chi connectivity index (χ1n) is 7.90. The maximum absolute atomic E-state index is 13.1. The van der Waals surface area contributed by atoms with E-state index in [1.54, 1.807) is 25.1 Å². The van der Waals surface area contributed by atoms with Crippen LogP contribution < -0.4 is 10.3 Å². The van der Waals surface area contributed by atoms with Crippen LogP contribution in [0.15, 0.2) is 59.4 Å². The summed E-state index contributed by atoms with van der Waals surface area (Å²) in [6.45, 7) is 1.43. The molecule has 0 aliphatic carbocycles. The molecule has 0 N–H and O–H groups in total. The number of benzene rings is 2. The standard InChI is InChI=1S/C19H14ClF3N2O2/c1-12-10-14(20)6-7-16(12)25-18(26)9-8-17(24-25)27-11-13-4-2-3-5-15(13)19(21,22)23/h2-10H,11H2,1H3. The van der Waals surface area contributed by atoms with Crippen LogP contribution in [0.1, 0.15) is 16.7 Å². The summed E-state index contributed by atoms with van der Waals surface area (Å²) in [6, 6.07) is 12.6. The Kier molecular flexibility index (Phi) is 5.23. The summed E-state index contributed by atoms with van der Waals surface area (Å²) >= 11 is 5.92. The molecule has 0 fully saturated rings. The Morgan fingerprint density at radius 2 is 1.85 bits per heavy atom. The summed E-state index contributed by atoms with van der Waals surface area (Å²) in [4.78, 5) is 12.1. The Morgan fingerprint density at radius 1 is 1.11 bits per heavy atom. The largest absolute Gasteiger partial charge is 0.472 e. The van der Waals surface area contributed by atoms with E-state index in [2.05, 4.69) is 5.10 Å². The SMILES string of the molecule is Cc1cc(Cl)ccc1-n1nc(OCc2ccccc2C(F)(F)F)ccc1=O. The first-order valence-corrected chi connectivity index (χ1v) is 8.28. The molecule has 0 saturated heterocycles. The van der Waals surface area contributed by atoms with Gasteiger partial charge in [0.25, 0.3) is 5.56 Å². The molecule has 0 radical (unpaired) electrons. The number of hydrogen-bond donors (Lipinski definition) is 0. The van der Waals surface area contributed by atoms with Crippen molar-refractivity contribution >= 4 is 11.6 Å². The van der Waals surface area contributed by atoms with Gasteiger partial charge in [0.05, 0.1) is 11.3 Å². The molecule has 1 aromatic heterocycles. The number of ether oxygens (including phenoxy) is 1. The molecule has 0 spiro atoms. The van der Waals surface area contributed by atoms with Gasteiger partial charge in [-0.05, 0) is 36.8 Å². The van der Waals surface area contributed by atoms with E-state index in [-0.39, 0.29) is 18.1 Å². The van der Waals surface area contributed by atoms with Crippen molar-refractivity contribution in [3.63, 3.8) is 0 Å². The third-order valence-electron chi connectivity index (χ3n) is 3.86. The molecule has 0 unspecified atom stereocenters. The van der Waals surface area contributed by atoms with E-state index >= 15 is 0 Å². The molecular formula is C19H14ClF3N2O2. The third kappa shape index (κ3) is 4.31. The lowest BCUT2D eigenvalue weighted by atomic mass is 10.1. The van der Waals surface area contributed by atoms with Crippen LogP contribution in [-0.4, -0.2) is 9.78 Å². The molecule has 3 aromatic rings. The van der Waals surface area contributed by atoms with Crippen LogP contribution in [0.3, 0.4) is 0 Å². The average Bonchev–Trinajstić information content (AvgIpc) is 2.61. The maximum atomic E-state index is 13.1. The minimum absolute atomic E-state index is 0.0211. The Morgan fingerprint density at radius 3 is 2.56 bits per heavy atom. The van der Waals surface area contributed by atoms with Gasteiger partial charge in [0.1, 0.15) is 6.61 Å². The van der Waals surface area contributed by atoms with Crippen LogP contribution in [0, 0.1) is 6.92 Å². The second kappa shape index (κ2) is 7.44. The van der Waals surface area contributed by atoms with Gasteiger partial charge in [0.2, 0.25) is 5.88 Å². The van der Waals surface area contributed by atoms with Crippen LogP contribution in [0.25, 0.3) is 5.69 Å². The number of aromatic nitrogens is 2. The topological polar surface area (TPSA) is 44.1 Å². The highest BCUT2D eigenvalue weighted by Crippen LogP contribution is 2.32. The predicted molar refractivity (Wildman–Crippen MR) is 95.4 cm³/mol. The van der Waals surface area contributed by atoms with Gasteiger partial charge >= 0.3 is 6.18 Å². The number of hydrogen-bond acceptors (Lipinski definition) is 3. The minimum Gasteiger partial charge on any atom is -0.472 e. The molecule has 0 amide bonds. The van der Waals surface area contributed by atoms with E-state index in [1.807, 2.05) is 0 Å². The zero-order chi connectivity index (χ0) is 19.6. The van der Waals surface area contributed by atoms with E-state index in [0.717, 1.165) is 16.3 Å². The first kappa shape index (κ1) is 19.0. The number of nitrogens with zero attached hydrogens (tertiary/aromatic N) is 2. The van der Waals surface area contributed by atoms with Crippen LogP contribution in [0.5, 0.6) is 5.88 Å². The van der Waals surface area contributed by atoms with Crippen molar-refractivity contribution in [2.75, 3.05) is 0 Å². The Hall–Kier alpha value is -2.80. The Balaban J connectivity index is 1.89. The van der Waals surface area contributed by atoms with E-state index < -0.39 is 17.3 Å². The van der Waals surface area contributed by atoms with Crippen molar-refractivity contribution in [1.82, 2.24) is 9.78 Å². The molecular weight excluding hydrogens is 381 g/mol. The molecule has 3 rings (SSSR count). The van der Waals surface area contributed by atoms with E-state index in [9.17, 15) is 18.0 Å². The van der Waals surface area contributed by atoms with Crippen LogP contribution >= 0.6 is 11.6 Å². The Bertz CT molecular complexity index is 1030. The van der Waals surface area contributed by atoms with Crippen molar-refractivity contribution in [2.45, 2.75) is 19.7 Å². The summed E-state index contributed by atoms with van der Waals surface area (Å²) in [5.41, 5.74) is 0.0322. The van der Waals surface area contributed by atoms with Crippen LogP contribution in [0.2, 0.25) is 5.02 Å². The van der Waals surface area contributed by atoms with Gasteiger partial charge < -0.3 is 4.74 Å². The van der Waals surface area contributed by atoms with E-state index in [4.69, 9.17) is 16.3 Å². The molecule has 0 bridgehead atoms. The number of alkyl halides is 3. The molecule has 27 heavy (non-hydrogen) atoms. The lowest BCUT2D eigenvalue weighted by molar-refractivity contribution is -0.138. The van der Waals surface area contributed by atoms with Crippen molar-refractivity contribution < 1.29 is 17.9 Å². The van der Waals surface area contributed by atoms with Crippen molar-refractivity contribution in [2.24, 2.45) is 0 Å². The fourth-order valence-corrected chi connectivity index (χ4v) is 2.80. The molecule has 1 heterocycles. The molecule has 2 aromatic carbocycles. The monoisotopic (exact) mass is 394 g/mol. The second-order valence-electron chi connectivity index (χ2n) is 5.80. The summed E-state index contributed by atoms with van der Waals surface area (Å²) < 4.78 is 45.7. The molecule has 0 atom stereocenters. The number of aryl methyl sites for hydroxylation is 1. The Labute approximate surface area is 157 Å². The summed E-state index contributed by atoms with van der Waals surface area (Å²) in [5, 5.41) is 4.61. The molecule has 4 nitrogen and oxygen atoms in total. The zero-order valence-electron chi connectivity index (χ0n) is 14.1. The molecule has 0 aliphatic heterocycles. The summed E-state index contributed by atoms with van der Waals surface area (Å²) in [5.74, 6) is 0.0286. The zero-order valence-corrected chi connectivity index (χ0v) is 14.9. The van der Waals surface area contributed by atoms with Gasteiger partial charge in [-0.25, -0.2) is 0 Å². The van der Waals surface area contributed by atoms with Crippen molar-refractivity contribution in [3.05, 3.63) is 86.7 Å². The molecule has 8 heteroatoms. The molecule has 0 saturated carbocycles. The second-order valence-corrected chi connectivity index (χ2v) is 6.23. The van der Waals surface area contributed by atoms with Gasteiger partial charge in [-0.2, -0.15) is 17.9 Å². The summed E-state index contributed by atoms with van der Waals surface area (Å²) in [6.07, 6.45) is -4.48. The maximum Gasteiger partial charge on any atom is 0.416 e. The highest BCUT2D eigenvalue weighted by atomic mass is 35.5. The number of halogens is 4. The van der Waals surface area contributed by atoms with E-state index in [1.165, 1.54) is 30.3 Å². The van der Waals surface area contributed by atoms with Gasteiger partial charge in [0, 0.05) is 22.7 Å². The summed E-state index contributed by atoms with van der Waals surface area (Å²) in [7, 11) is 0. The molecule has 0 aliphatic rings. The van der Waals surface area contributed by atoms with Gasteiger partial charge in [-0.3, -0.25) is 4.79 Å².